The zero-order valence-corrected chi connectivity index (χ0v) is 20.5. The molecule has 0 spiro atoms. The lowest BCUT2D eigenvalue weighted by Gasteiger charge is -2.16. The maximum atomic E-state index is 13.0. The monoisotopic (exact) mass is 519 g/mol. The number of methoxy groups -OCH3 is 2. The van der Waals surface area contributed by atoms with Gasteiger partial charge in [0.1, 0.15) is 17.2 Å². The van der Waals surface area contributed by atoms with Gasteiger partial charge >= 0.3 is 6.36 Å². The Labute approximate surface area is 210 Å². The van der Waals surface area contributed by atoms with Gasteiger partial charge < -0.3 is 24.8 Å². The van der Waals surface area contributed by atoms with Crippen LogP contribution in [0.2, 0.25) is 0 Å². The number of amides is 1. The number of carbonyl (C=O) groups is 1. The average Bonchev–Trinajstić information content (AvgIpc) is 3.22. The lowest BCUT2D eigenvalue weighted by atomic mass is 10.1. The van der Waals surface area contributed by atoms with E-state index in [0.717, 1.165) is 40.0 Å². The zero-order valence-electron chi connectivity index (χ0n) is 19.7. The Balaban J connectivity index is 1.52. The van der Waals surface area contributed by atoms with Gasteiger partial charge in [0, 0.05) is 53.3 Å². The molecule has 1 aliphatic rings. The summed E-state index contributed by atoms with van der Waals surface area (Å²) in [7, 11) is 3.16. The number of carbonyl (C=O) groups excluding carboxylic acids is 1. The van der Waals surface area contributed by atoms with Gasteiger partial charge in [-0.3, -0.25) is 9.78 Å². The SMILES string of the molecule is COc1cc(OC)c2c(CNC3=C(C(=O)Nc4ccc(OC(F)(F)F)cc4)SCC3C)ccnc2c1. The summed E-state index contributed by atoms with van der Waals surface area (Å²) in [6.07, 6.45) is -3.07. The van der Waals surface area contributed by atoms with Crippen molar-refractivity contribution in [2.75, 3.05) is 25.3 Å². The number of nitrogens with one attached hydrogen (secondary N) is 2. The Morgan fingerprint density at radius 1 is 1.11 bits per heavy atom. The van der Waals surface area contributed by atoms with Crippen molar-refractivity contribution in [1.29, 1.82) is 0 Å². The number of halogens is 3. The second kappa shape index (κ2) is 10.6. The van der Waals surface area contributed by atoms with E-state index in [1.165, 1.54) is 23.9 Å². The number of rotatable bonds is 8. The van der Waals surface area contributed by atoms with E-state index in [1.807, 2.05) is 19.1 Å². The molecule has 3 aromatic rings. The zero-order chi connectivity index (χ0) is 25.9. The van der Waals surface area contributed by atoms with Gasteiger partial charge in [-0.15, -0.1) is 24.9 Å². The minimum absolute atomic E-state index is 0.105. The van der Waals surface area contributed by atoms with E-state index in [9.17, 15) is 18.0 Å². The quantitative estimate of drug-likeness (QED) is 0.408. The van der Waals surface area contributed by atoms with Gasteiger partial charge in [0.2, 0.25) is 0 Å². The van der Waals surface area contributed by atoms with Crippen LogP contribution in [0, 0.1) is 5.92 Å². The standard InChI is InChI=1S/C25H24F3N3O4S/c1-14-13-36-23(24(32)31-16-4-6-17(7-5-16)35-25(26,27)28)22(14)30-12-15-8-9-29-19-10-18(33-2)11-20(34-3)21(15)19/h4-11,14,30H,12-13H2,1-3H3,(H,31,32). The van der Waals surface area contributed by atoms with Crippen molar-refractivity contribution in [3.8, 4) is 17.2 Å². The molecule has 0 bridgehead atoms. The molecule has 0 fully saturated rings. The van der Waals surface area contributed by atoms with Crippen LogP contribution in [0.5, 0.6) is 17.2 Å². The number of ether oxygens (including phenoxy) is 3. The Morgan fingerprint density at radius 2 is 1.86 bits per heavy atom. The molecule has 36 heavy (non-hydrogen) atoms. The molecule has 11 heteroatoms. The molecule has 2 N–H and O–H groups in total. The van der Waals surface area contributed by atoms with Crippen molar-refractivity contribution in [1.82, 2.24) is 10.3 Å². The summed E-state index contributed by atoms with van der Waals surface area (Å²) in [4.78, 5) is 18.0. The number of benzene rings is 2. The van der Waals surface area contributed by atoms with Crippen molar-refractivity contribution in [2.45, 2.75) is 19.8 Å². The molecule has 1 atom stereocenters. The number of nitrogens with zero attached hydrogens (tertiary/aromatic N) is 1. The first-order valence-electron chi connectivity index (χ1n) is 11.0. The number of thioether (sulfide) groups is 1. The lowest BCUT2D eigenvalue weighted by Crippen LogP contribution is -2.22. The average molecular weight is 520 g/mol. The third kappa shape index (κ3) is 5.78. The Morgan fingerprint density at radius 3 is 2.53 bits per heavy atom. The third-order valence-electron chi connectivity index (χ3n) is 5.56. The van der Waals surface area contributed by atoms with Gasteiger partial charge in [-0.05, 0) is 35.9 Å². The molecule has 0 aliphatic carbocycles. The molecule has 1 aliphatic heterocycles. The highest BCUT2D eigenvalue weighted by Gasteiger charge is 2.31. The van der Waals surface area contributed by atoms with Gasteiger partial charge in [-0.2, -0.15) is 0 Å². The van der Waals surface area contributed by atoms with Crippen LogP contribution in [-0.4, -0.2) is 37.2 Å². The summed E-state index contributed by atoms with van der Waals surface area (Å²) < 4.78 is 51.9. The highest BCUT2D eigenvalue weighted by Crippen LogP contribution is 2.37. The fourth-order valence-electron chi connectivity index (χ4n) is 3.87. The van der Waals surface area contributed by atoms with Crippen molar-refractivity contribution in [3.05, 3.63) is 64.8 Å². The van der Waals surface area contributed by atoms with Gasteiger partial charge in [-0.25, -0.2) is 0 Å². The third-order valence-corrected chi connectivity index (χ3v) is 6.92. The summed E-state index contributed by atoms with van der Waals surface area (Å²) in [5, 5.41) is 7.00. The van der Waals surface area contributed by atoms with Crippen LogP contribution >= 0.6 is 11.8 Å². The number of allylic oxidation sites excluding steroid dienone is 1. The minimum atomic E-state index is -4.77. The van der Waals surface area contributed by atoms with Crippen LogP contribution in [0.4, 0.5) is 18.9 Å². The number of hydrogen-bond donors (Lipinski definition) is 2. The maximum absolute atomic E-state index is 13.0. The van der Waals surface area contributed by atoms with Crippen LogP contribution in [0.3, 0.4) is 0 Å². The summed E-state index contributed by atoms with van der Waals surface area (Å²) in [5.74, 6) is 1.40. The number of hydrogen-bond acceptors (Lipinski definition) is 7. The van der Waals surface area contributed by atoms with Gasteiger partial charge in [0.25, 0.3) is 5.91 Å². The van der Waals surface area contributed by atoms with Crippen LogP contribution < -0.4 is 24.8 Å². The predicted octanol–water partition coefficient (Wildman–Crippen LogP) is 5.47. The van der Waals surface area contributed by atoms with E-state index in [0.29, 0.717) is 28.6 Å². The topological polar surface area (TPSA) is 81.7 Å². The van der Waals surface area contributed by atoms with E-state index >= 15 is 0 Å². The fraction of sp³-hybridized carbons (Fsp3) is 0.280. The summed E-state index contributed by atoms with van der Waals surface area (Å²) in [6, 6.07) is 10.5. The molecule has 0 radical (unpaired) electrons. The number of anilines is 1. The van der Waals surface area contributed by atoms with Gasteiger partial charge in [-0.1, -0.05) is 6.92 Å². The van der Waals surface area contributed by atoms with E-state index < -0.39 is 6.36 Å². The van der Waals surface area contributed by atoms with Crippen LogP contribution in [0.1, 0.15) is 12.5 Å². The molecule has 1 amide bonds. The predicted molar refractivity (Wildman–Crippen MR) is 132 cm³/mol. The second-order valence-corrected chi connectivity index (χ2v) is 9.06. The van der Waals surface area contributed by atoms with E-state index in [4.69, 9.17) is 9.47 Å². The number of aromatic nitrogens is 1. The van der Waals surface area contributed by atoms with Gasteiger partial charge in [0.05, 0.1) is 24.6 Å². The van der Waals surface area contributed by atoms with Crippen LogP contribution in [0.25, 0.3) is 10.9 Å². The first kappa shape index (κ1) is 25.5. The highest BCUT2D eigenvalue weighted by atomic mass is 32.2. The normalized spacial score (nSPS) is 15.7. The molecule has 2 heterocycles. The Bertz CT molecular complexity index is 1300. The smallest absolute Gasteiger partial charge is 0.497 e. The molecule has 0 saturated carbocycles. The minimum Gasteiger partial charge on any atom is -0.497 e. The fourth-order valence-corrected chi connectivity index (χ4v) is 5.07. The molecule has 190 valence electrons. The molecule has 2 aromatic carbocycles. The highest BCUT2D eigenvalue weighted by molar-refractivity contribution is 8.04. The molecular weight excluding hydrogens is 495 g/mol. The summed E-state index contributed by atoms with van der Waals surface area (Å²) in [6.45, 7) is 2.46. The maximum Gasteiger partial charge on any atom is 0.573 e. The summed E-state index contributed by atoms with van der Waals surface area (Å²) in [5.41, 5.74) is 2.83. The van der Waals surface area contributed by atoms with Crippen LogP contribution in [0.15, 0.2) is 59.3 Å². The molecule has 1 unspecified atom stereocenters. The first-order chi connectivity index (χ1) is 17.2. The van der Waals surface area contributed by atoms with Crippen molar-refractivity contribution >= 4 is 34.3 Å². The number of alkyl halides is 3. The van der Waals surface area contributed by atoms with Gasteiger partial charge in [0.15, 0.2) is 0 Å². The molecule has 1 aromatic heterocycles. The Kier molecular flexibility index (Phi) is 7.48. The summed E-state index contributed by atoms with van der Waals surface area (Å²) >= 11 is 1.43. The molecular formula is C25H24F3N3O4S. The second-order valence-electron chi connectivity index (χ2n) is 8.03. The first-order valence-corrected chi connectivity index (χ1v) is 11.9. The largest absolute Gasteiger partial charge is 0.573 e. The molecule has 0 saturated heterocycles. The van der Waals surface area contributed by atoms with Crippen molar-refractivity contribution in [2.24, 2.45) is 5.92 Å². The van der Waals surface area contributed by atoms with Crippen LogP contribution in [-0.2, 0) is 11.3 Å². The number of pyridine rings is 1. The number of fused-ring (bicyclic) bond motifs is 1. The van der Waals surface area contributed by atoms with Crippen molar-refractivity contribution in [3.63, 3.8) is 0 Å². The van der Waals surface area contributed by atoms with E-state index in [2.05, 4.69) is 20.4 Å². The lowest BCUT2D eigenvalue weighted by molar-refractivity contribution is -0.274. The van der Waals surface area contributed by atoms with E-state index in [1.54, 1.807) is 26.5 Å². The molecule has 7 nitrogen and oxygen atoms in total. The molecule has 4 rings (SSSR count). The van der Waals surface area contributed by atoms with E-state index in [-0.39, 0.29) is 17.6 Å². The van der Waals surface area contributed by atoms with Crippen molar-refractivity contribution < 1.29 is 32.2 Å². The Hall–Kier alpha value is -3.60.